The van der Waals surface area contributed by atoms with Crippen molar-refractivity contribution in [1.82, 2.24) is 9.62 Å². The molecule has 0 spiro atoms. The summed E-state index contributed by atoms with van der Waals surface area (Å²) in [6.07, 6.45) is 1.84. The van der Waals surface area contributed by atoms with Gasteiger partial charge in [0.05, 0.1) is 11.4 Å². The van der Waals surface area contributed by atoms with Crippen LogP contribution in [0, 0.1) is 0 Å². The topological polar surface area (TPSA) is 86.2 Å². The van der Waals surface area contributed by atoms with Crippen LogP contribution in [0.25, 0.3) is 0 Å². The molecule has 0 aliphatic carbocycles. The molecule has 30 heavy (non-hydrogen) atoms. The Bertz CT molecular complexity index is 1070. The lowest BCUT2D eigenvalue weighted by molar-refractivity contribution is 0.477. The van der Waals surface area contributed by atoms with Crippen molar-refractivity contribution in [1.29, 1.82) is 0 Å². The van der Waals surface area contributed by atoms with Gasteiger partial charge in [-0.05, 0) is 48.7 Å². The van der Waals surface area contributed by atoms with Crippen molar-refractivity contribution in [3.05, 3.63) is 58.1 Å². The van der Waals surface area contributed by atoms with Crippen molar-refractivity contribution in [2.24, 2.45) is 9.98 Å². The standard InChI is InChI=1S/C20H21Cl2N5O2S/c21-15-9-16(22)11-17(10-15)25-20-24-13-19(26-20)23-12-14-3-5-18(6-4-14)30(28,29)27-7-1-2-8-27/h3-6,9-11H,1-2,7-8,12-13H2,(H2,23,24,25,26). The van der Waals surface area contributed by atoms with E-state index >= 15 is 0 Å². The predicted octanol–water partition coefficient (Wildman–Crippen LogP) is 3.75. The molecule has 2 aliphatic heterocycles. The van der Waals surface area contributed by atoms with Crippen LogP contribution in [0.2, 0.25) is 10.0 Å². The number of hydrogen-bond donors (Lipinski definition) is 2. The molecule has 1 fully saturated rings. The smallest absolute Gasteiger partial charge is 0.243 e. The second kappa shape index (κ2) is 8.93. The third kappa shape index (κ3) is 4.95. The number of hydrogen-bond acceptors (Lipinski definition) is 5. The predicted molar refractivity (Wildman–Crippen MR) is 121 cm³/mol. The molecule has 2 aliphatic rings. The summed E-state index contributed by atoms with van der Waals surface area (Å²) in [4.78, 5) is 9.22. The number of halogens is 2. The van der Waals surface area contributed by atoms with Crippen LogP contribution in [-0.2, 0) is 16.6 Å². The number of anilines is 1. The molecular weight excluding hydrogens is 445 g/mol. The van der Waals surface area contributed by atoms with Gasteiger partial charge in [0, 0.05) is 28.8 Å². The number of aliphatic imine (C=N–C) groups is 2. The molecule has 2 aromatic carbocycles. The summed E-state index contributed by atoms with van der Waals surface area (Å²) in [6.45, 7) is 2.05. The van der Waals surface area contributed by atoms with Crippen LogP contribution in [0.15, 0.2) is 57.3 Å². The number of nitrogens with one attached hydrogen (secondary N) is 2. The Labute approximate surface area is 185 Å². The first-order valence-corrected chi connectivity index (χ1v) is 11.8. The highest BCUT2D eigenvalue weighted by atomic mass is 35.5. The van der Waals surface area contributed by atoms with Gasteiger partial charge in [-0.2, -0.15) is 4.31 Å². The van der Waals surface area contributed by atoms with Gasteiger partial charge < -0.3 is 10.6 Å². The highest BCUT2D eigenvalue weighted by molar-refractivity contribution is 7.89. The van der Waals surface area contributed by atoms with Crippen molar-refractivity contribution in [3.8, 4) is 0 Å². The van der Waals surface area contributed by atoms with Gasteiger partial charge >= 0.3 is 0 Å². The molecule has 1 saturated heterocycles. The monoisotopic (exact) mass is 465 g/mol. The fourth-order valence-electron chi connectivity index (χ4n) is 3.32. The minimum atomic E-state index is -3.39. The van der Waals surface area contributed by atoms with Gasteiger partial charge in [-0.1, -0.05) is 35.3 Å². The number of rotatable bonds is 5. The molecule has 0 atom stereocenters. The van der Waals surface area contributed by atoms with E-state index in [-0.39, 0.29) is 0 Å². The van der Waals surface area contributed by atoms with Crippen LogP contribution in [0.3, 0.4) is 0 Å². The minimum absolute atomic E-state index is 0.329. The maximum atomic E-state index is 12.6. The molecule has 0 aromatic heterocycles. The highest BCUT2D eigenvalue weighted by Gasteiger charge is 2.26. The van der Waals surface area contributed by atoms with E-state index in [0.717, 1.165) is 29.9 Å². The van der Waals surface area contributed by atoms with Crippen molar-refractivity contribution in [3.63, 3.8) is 0 Å². The van der Waals surface area contributed by atoms with Crippen LogP contribution < -0.4 is 10.6 Å². The maximum Gasteiger partial charge on any atom is 0.243 e. The Hall–Kier alpha value is -2.13. The zero-order chi connectivity index (χ0) is 21.1. The number of sulfonamides is 1. The third-order valence-electron chi connectivity index (χ3n) is 4.85. The van der Waals surface area contributed by atoms with E-state index in [2.05, 4.69) is 20.6 Å². The summed E-state index contributed by atoms with van der Waals surface area (Å²) < 4.78 is 26.7. The van der Waals surface area contributed by atoms with Crippen molar-refractivity contribution >= 4 is 50.7 Å². The Morgan fingerprint density at radius 2 is 1.73 bits per heavy atom. The van der Waals surface area contributed by atoms with Crippen LogP contribution >= 0.6 is 23.2 Å². The zero-order valence-electron chi connectivity index (χ0n) is 16.1. The van der Waals surface area contributed by atoms with E-state index in [9.17, 15) is 8.42 Å². The van der Waals surface area contributed by atoms with Gasteiger partial charge in [0.2, 0.25) is 16.0 Å². The Morgan fingerprint density at radius 1 is 1.07 bits per heavy atom. The van der Waals surface area contributed by atoms with Crippen molar-refractivity contribution in [2.75, 3.05) is 25.0 Å². The van der Waals surface area contributed by atoms with E-state index < -0.39 is 10.0 Å². The molecule has 2 heterocycles. The number of benzene rings is 2. The van der Waals surface area contributed by atoms with E-state index in [0.29, 0.717) is 47.1 Å². The van der Waals surface area contributed by atoms with Crippen molar-refractivity contribution in [2.45, 2.75) is 24.3 Å². The second-order valence-electron chi connectivity index (χ2n) is 7.09. The summed E-state index contributed by atoms with van der Waals surface area (Å²) >= 11 is 12.0. The molecule has 0 bridgehead atoms. The molecule has 10 heteroatoms. The summed E-state index contributed by atoms with van der Waals surface area (Å²) in [5, 5.41) is 7.31. The lowest BCUT2D eigenvalue weighted by Crippen LogP contribution is -2.30. The Morgan fingerprint density at radius 3 is 2.40 bits per heavy atom. The van der Waals surface area contributed by atoms with E-state index in [1.165, 1.54) is 0 Å². The van der Waals surface area contributed by atoms with E-state index in [1.807, 2.05) is 0 Å². The molecule has 7 nitrogen and oxygen atoms in total. The first-order valence-electron chi connectivity index (χ1n) is 9.57. The van der Waals surface area contributed by atoms with Gasteiger partial charge in [0.1, 0.15) is 12.4 Å². The molecular formula is C20H21Cl2N5O2S. The van der Waals surface area contributed by atoms with Crippen LogP contribution in [0.5, 0.6) is 0 Å². The van der Waals surface area contributed by atoms with Gasteiger partial charge in [0.15, 0.2) is 0 Å². The maximum absolute atomic E-state index is 12.6. The Kier molecular flexibility index (Phi) is 6.29. The normalized spacial score (nSPS) is 18.5. The van der Waals surface area contributed by atoms with Crippen LogP contribution in [0.1, 0.15) is 18.4 Å². The average Bonchev–Trinajstić information content (AvgIpc) is 3.38. The summed E-state index contributed by atoms with van der Waals surface area (Å²) in [6, 6.07) is 12.1. The van der Waals surface area contributed by atoms with E-state index in [1.54, 1.807) is 46.8 Å². The molecule has 0 amide bonds. The van der Waals surface area contributed by atoms with Gasteiger partial charge in [0.25, 0.3) is 0 Å². The van der Waals surface area contributed by atoms with Crippen molar-refractivity contribution < 1.29 is 8.42 Å². The number of amidine groups is 1. The minimum Gasteiger partial charge on any atom is -0.326 e. The SMILES string of the molecule is O=S(=O)(c1ccc(CN=C2CN=C(Nc3cc(Cl)cc(Cl)c3)N2)cc1)N1CCCC1. The average molecular weight is 466 g/mol. The quantitative estimate of drug-likeness (QED) is 0.703. The lowest BCUT2D eigenvalue weighted by atomic mass is 10.2. The fourth-order valence-corrected chi connectivity index (χ4v) is 5.37. The zero-order valence-corrected chi connectivity index (χ0v) is 18.4. The third-order valence-corrected chi connectivity index (χ3v) is 7.20. The summed E-state index contributed by atoms with van der Waals surface area (Å²) in [5.41, 5.74) is 1.66. The number of guanidine groups is 1. The molecule has 4 rings (SSSR count). The summed E-state index contributed by atoms with van der Waals surface area (Å²) in [5.74, 6) is 1.29. The molecule has 0 unspecified atom stereocenters. The van der Waals surface area contributed by atoms with Crippen LogP contribution in [-0.4, -0.2) is 44.2 Å². The number of nitrogens with zero attached hydrogens (tertiary/aromatic N) is 3. The van der Waals surface area contributed by atoms with Gasteiger partial charge in [-0.3, -0.25) is 4.99 Å². The molecule has 2 N–H and O–H groups in total. The molecule has 0 saturated carbocycles. The summed E-state index contributed by atoms with van der Waals surface area (Å²) in [7, 11) is -3.39. The Balaban J connectivity index is 1.34. The molecule has 0 radical (unpaired) electrons. The first kappa shape index (κ1) is 21.1. The van der Waals surface area contributed by atoms with Gasteiger partial charge in [-0.15, -0.1) is 0 Å². The molecule has 2 aromatic rings. The largest absolute Gasteiger partial charge is 0.326 e. The fraction of sp³-hybridized carbons (Fsp3) is 0.300. The highest BCUT2D eigenvalue weighted by Crippen LogP contribution is 2.23. The first-order chi connectivity index (χ1) is 14.4. The lowest BCUT2D eigenvalue weighted by Gasteiger charge is -2.15. The van der Waals surface area contributed by atoms with E-state index in [4.69, 9.17) is 23.2 Å². The van der Waals surface area contributed by atoms with Crippen LogP contribution in [0.4, 0.5) is 5.69 Å². The second-order valence-corrected chi connectivity index (χ2v) is 9.90. The molecule has 158 valence electrons. The van der Waals surface area contributed by atoms with Gasteiger partial charge in [-0.25, -0.2) is 13.4 Å².